The Balaban J connectivity index is 2.29. The van der Waals surface area contributed by atoms with Crippen LogP contribution in [0.15, 0.2) is 36.4 Å². The molecule has 0 aromatic heterocycles. The third-order valence-corrected chi connectivity index (χ3v) is 4.07. The van der Waals surface area contributed by atoms with Gasteiger partial charge in [0.05, 0.1) is 0 Å². The summed E-state index contributed by atoms with van der Waals surface area (Å²) in [5.41, 5.74) is 4.66. The van der Waals surface area contributed by atoms with Crippen molar-refractivity contribution in [2.24, 2.45) is 0 Å². The summed E-state index contributed by atoms with van der Waals surface area (Å²) >= 11 is 0. The van der Waals surface area contributed by atoms with Gasteiger partial charge in [0.1, 0.15) is 0 Å². The maximum absolute atomic E-state index is 12.9. The Hall–Kier alpha value is -3.15. The Labute approximate surface area is 159 Å². The lowest BCUT2D eigenvalue weighted by Gasteiger charge is -2.20. The first-order valence-electron chi connectivity index (χ1n) is 8.67. The zero-order valence-electron chi connectivity index (χ0n) is 16.3. The summed E-state index contributed by atoms with van der Waals surface area (Å²) in [5, 5.41) is 5.31. The second-order valence-electron chi connectivity index (χ2n) is 6.75. The van der Waals surface area contributed by atoms with Gasteiger partial charge in [0.25, 0.3) is 5.91 Å². The van der Waals surface area contributed by atoms with Crippen LogP contribution in [0.25, 0.3) is 0 Å². The smallest absolute Gasteiger partial charge is 0.254 e. The maximum Gasteiger partial charge on any atom is 0.254 e. The van der Waals surface area contributed by atoms with Crippen LogP contribution in [-0.2, 0) is 16.1 Å². The Kier molecular flexibility index (Phi) is 6.34. The van der Waals surface area contributed by atoms with Crippen molar-refractivity contribution in [2.45, 2.75) is 34.2 Å². The van der Waals surface area contributed by atoms with Crippen LogP contribution < -0.4 is 10.6 Å². The summed E-state index contributed by atoms with van der Waals surface area (Å²) in [6, 6.07) is 10.9. The molecule has 0 fully saturated rings. The summed E-state index contributed by atoms with van der Waals surface area (Å²) < 4.78 is 0. The predicted octanol–water partition coefficient (Wildman–Crippen LogP) is 3.49. The first kappa shape index (κ1) is 20.2. The number of carbonyl (C=O) groups excluding carboxylic acids is 3. The van der Waals surface area contributed by atoms with E-state index >= 15 is 0 Å². The van der Waals surface area contributed by atoms with Gasteiger partial charge in [-0.2, -0.15) is 0 Å². The van der Waals surface area contributed by atoms with E-state index in [2.05, 4.69) is 16.7 Å². The molecule has 6 heteroatoms. The van der Waals surface area contributed by atoms with E-state index in [9.17, 15) is 14.4 Å². The van der Waals surface area contributed by atoms with Crippen LogP contribution in [0.4, 0.5) is 11.4 Å². The van der Waals surface area contributed by atoms with E-state index in [0.29, 0.717) is 23.5 Å². The maximum atomic E-state index is 12.9. The lowest BCUT2D eigenvalue weighted by atomic mass is 10.0. The van der Waals surface area contributed by atoms with Crippen molar-refractivity contribution in [3.8, 4) is 0 Å². The summed E-state index contributed by atoms with van der Waals surface area (Å²) in [6.45, 7) is 7.29. The summed E-state index contributed by atoms with van der Waals surface area (Å²) in [7, 11) is 1.73. The number of aryl methyl sites for hydroxylation is 2. The monoisotopic (exact) mass is 367 g/mol. The zero-order chi connectivity index (χ0) is 20.1. The van der Waals surface area contributed by atoms with E-state index in [1.165, 1.54) is 19.4 Å². The van der Waals surface area contributed by atoms with Crippen LogP contribution in [0.3, 0.4) is 0 Å². The second-order valence-corrected chi connectivity index (χ2v) is 6.75. The minimum Gasteiger partial charge on any atom is -0.337 e. The Morgan fingerprint density at radius 3 is 1.93 bits per heavy atom. The SMILES string of the molecule is CC(=O)Nc1cc(NC(C)=O)cc(C(=O)N(C)Cc2ccc(C)cc2C)c1. The molecule has 0 heterocycles. The van der Waals surface area contributed by atoms with Crippen molar-refractivity contribution in [1.29, 1.82) is 0 Å². The fraction of sp³-hybridized carbons (Fsp3) is 0.286. The number of amides is 3. The van der Waals surface area contributed by atoms with Gasteiger partial charge in [-0.25, -0.2) is 0 Å². The third kappa shape index (κ3) is 5.67. The zero-order valence-corrected chi connectivity index (χ0v) is 16.3. The van der Waals surface area contributed by atoms with E-state index in [1.54, 1.807) is 30.1 Å². The summed E-state index contributed by atoms with van der Waals surface area (Å²) in [4.78, 5) is 37.3. The lowest BCUT2D eigenvalue weighted by Crippen LogP contribution is -2.27. The number of hydrogen-bond donors (Lipinski definition) is 2. The molecule has 0 aliphatic carbocycles. The quantitative estimate of drug-likeness (QED) is 0.849. The molecule has 0 bridgehead atoms. The number of nitrogens with one attached hydrogen (secondary N) is 2. The van der Waals surface area contributed by atoms with Crippen molar-refractivity contribution in [2.75, 3.05) is 17.7 Å². The van der Waals surface area contributed by atoms with Crippen LogP contribution in [0.1, 0.15) is 40.9 Å². The number of hydrogen-bond acceptors (Lipinski definition) is 3. The van der Waals surface area contributed by atoms with E-state index in [4.69, 9.17) is 0 Å². The molecule has 0 saturated heterocycles. The molecule has 0 saturated carbocycles. The molecule has 142 valence electrons. The normalized spacial score (nSPS) is 10.3. The first-order chi connectivity index (χ1) is 12.7. The minimum absolute atomic E-state index is 0.200. The van der Waals surface area contributed by atoms with Gasteiger partial charge in [0.15, 0.2) is 0 Å². The summed E-state index contributed by atoms with van der Waals surface area (Å²) in [6.07, 6.45) is 0. The van der Waals surface area contributed by atoms with Gasteiger partial charge in [0, 0.05) is 44.4 Å². The molecule has 2 rings (SSSR count). The molecule has 6 nitrogen and oxygen atoms in total. The van der Waals surface area contributed by atoms with Crippen molar-refractivity contribution in [3.63, 3.8) is 0 Å². The van der Waals surface area contributed by atoms with Gasteiger partial charge < -0.3 is 15.5 Å². The summed E-state index contributed by atoms with van der Waals surface area (Å²) in [5.74, 6) is -0.706. The largest absolute Gasteiger partial charge is 0.337 e. The molecule has 2 N–H and O–H groups in total. The molecule has 0 spiro atoms. The predicted molar refractivity (Wildman–Crippen MR) is 107 cm³/mol. The topological polar surface area (TPSA) is 78.5 Å². The van der Waals surface area contributed by atoms with Crippen LogP contribution in [0.5, 0.6) is 0 Å². The fourth-order valence-electron chi connectivity index (χ4n) is 2.87. The number of benzene rings is 2. The molecular formula is C21H25N3O3. The van der Waals surface area contributed by atoms with Crippen LogP contribution in [-0.4, -0.2) is 29.7 Å². The highest BCUT2D eigenvalue weighted by atomic mass is 16.2. The molecule has 0 aliphatic heterocycles. The van der Waals surface area contributed by atoms with E-state index < -0.39 is 0 Å². The molecular weight excluding hydrogens is 342 g/mol. The van der Waals surface area contributed by atoms with Crippen molar-refractivity contribution in [1.82, 2.24) is 4.90 Å². The molecule has 0 aliphatic rings. The second kappa shape index (κ2) is 8.49. The number of nitrogens with zero attached hydrogens (tertiary/aromatic N) is 1. The van der Waals surface area contributed by atoms with Gasteiger partial charge in [-0.05, 0) is 43.2 Å². The van der Waals surface area contributed by atoms with Gasteiger partial charge in [-0.1, -0.05) is 23.8 Å². The molecule has 27 heavy (non-hydrogen) atoms. The molecule has 0 atom stereocenters. The highest BCUT2D eigenvalue weighted by Gasteiger charge is 2.16. The van der Waals surface area contributed by atoms with Crippen LogP contribution in [0.2, 0.25) is 0 Å². The molecule has 3 amide bonds. The van der Waals surface area contributed by atoms with Gasteiger partial charge in [0.2, 0.25) is 11.8 Å². The fourth-order valence-corrected chi connectivity index (χ4v) is 2.87. The van der Waals surface area contributed by atoms with Crippen molar-refractivity contribution < 1.29 is 14.4 Å². The Morgan fingerprint density at radius 1 is 0.889 bits per heavy atom. The molecule has 0 unspecified atom stereocenters. The minimum atomic E-state index is -0.253. The van der Waals surface area contributed by atoms with E-state index in [0.717, 1.165) is 11.1 Å². The Morgan fingerprint density at radius 2 is 1.44 bits per heavy atom. The van der Waals surface area contributed by atoms with E-state index in [1.807, 2.05) is 26.0 Å². The van der Waals surface area contributed by atoms with Crippen LogP contribution in [0, 0.1) is 13.8 Å². The van der Waals surface area contributed by atoms with Gasteiger partial charge >= 0.3 is 0 Å². The van der Waals surface area contributed by atoms with Crippen molar-refractivity contribution >= 4 is 29.1 Å². The lowest BCUT2D eigenvalue weighted by molar-refractivity contribution is -0.115. The number of anilines is 2. The first-order valence-corrected chi connectivity index (χ1v) is 8.67. The van der Waals surface area contributed by atoms with Crippen LogP contribution >= 0.6 is 0 Å². The average molecular weight is 367 g/mol. The molecule has 2 aromatic carbocycles. The highest BCUT2D eigenvalue weighted by Crippen LogP contribution is 2.21. The van der Waals surface area contributed by atoms with Gasteiger partial charge in [-0.15, -0.1) is 0 Å². The van der Waals surface area contributed by atoms with E-state index in [-0.39, 0.29) is 17.7 Å². The number of rotatable bonds is 5. The average Bonchev–Trinajstić information content (AvgIpc) is 2.55. The van der Waals surface area contributed by atoms with Crippen molar-refractivity contribution in [3.05, 3.63) is 58.7 Å². The third-order valence-electron chi connectivity index (χ3n) is 4.07. The number of carbonyl (C=O) groups is 3. The molecule has 2 aromatic rings. The van der Waals surface area contributed by atoms with Gasteiger partial charge in [-0.3, -0.25) is 14.4 Å². The standard InChI is InChI=1S/C21H25N3O3/c1-13-6-7-17(14(2)8-13)12-24(5)21(27)18-9-19(22-15(3)25)11-20(10-18)23-16(4)26/h6-11H,12H2,1-5H3,(H,22,25)(H,23,26). The highest BCUT2D eigenvalue weighted by molar-refractivity contribution is 5.99. The Bertz CT molecular complexity index is 856. The molecule has 0 radical (unpaired) electrons.